The number of carbonyl (C=O) groups excluding carboxylic acids is 1. The van der Waals surface area contributed by atoms with Gasteiger partial charge in [0, 0.05) is 11.5 Å². The lowest BCUT2D eigenvalue weighted by molar-refractivity contribution is -0.137. The van der Waals surface area contributed by atoms with Crippen molar-refractivity contribution in [2.24, 2.45) is 17.2 Å². The highest BCUT2D eigenvalue weighted by molar-refractivity contribution is 7.99. The van der Waals surface area contributed by atoms with Crippen LogP contribution in [0.15, 0.2) is 0 Å². The second kappa shape index (κ2) is 5.79. The summed E-state index contributed by atoms with van der Waals surface area (Å²) in [5.41, 5.74) is 15.4. The van der Waals surface area contributed by atoms with Crippen LogP contribution in [0.25, 0.3) is 0 Å². The fourth-order valence-corrected chi connectivity index (χ4v) is 1.43. The number of carboxylic acids is 1. The summed E-state index contributed by atoms with van der Waals surface area (Å²) in [5.74, 6) is -1.16. The van der Waals surface area contributed by atoms with Crippen LogP contribution >= 0.6 is 11.8 Å². The van der Waals surface area contributed by atoms with Crippen LogP contribution in [0.4, 0.5) is 0 Å². The lowest BCUT2D eigenvalue weighted by Gasteiger charge is -2.08. The van der Waals surface area contributed by atoms with E-state index in [1.54, 1.807) is 0 Å². The number of nitrogens with two attached hydrogens (primary N) is 3. The van der Waals surface area contributed by atoms with Gasteiger partial charge in [0.15, 0.2) is 0 Å². The maximum atomic E-state index is 10.4. The van der Waals surface area contributed by atoms with Crippen molar-refractivity contribution in [1.82, 2.24) is 0 Å². The van der Waals surface area contributed by atoms with Crippen molar-refractivity contribution in [3.63, 3.8) is 0 Å². The monoisotopic (exact) mass is 207 g/mol. The molecule has 7 N–H and O–H groups in total. The van der Waals surface area contributed by atoms with Gasteiger partial charge in [0.2, 0.25) is 5.91 Å². The molecule has 7 heteroatoms. The van der Waals surface area contributed by atoms with Crippen molar-refractivity contribution in [3.05, 3.63) is 0 Å². The number of aliphatic carboxylic acids is 1. The van der Waals surface area contributed by atoms with Crippen molar-refractivity contribution in [2.45, 2.75) is 12.1 Å². The van der Waals surface area contributed by atoms with Crippen LogP contribution in [0.2, 0.25) is 0 Å². The van der Waals surface area contributed by atoms with Gasteiger partial charge in [-0.1, -0.05) is 0 Å². The molecule has 2 atom stereocenters. The molecule has 0 aliphatic rings. The lowest BCUT2D eigenvalue weighted by Crippen LogP contribution is -2.39. The third kappa shape index (κ3) is 5.45. The molecule has 0 heterocycles. The van der Waals surface area contributed by atoms with Gasteiger partial charge in [-0.3, -0.25) is 9.59 Å². The molecule has 0 aromatic heterocycles. The van der Waals surface area contributed by atoms with Gasteiger partial charge in [0.05, 0.1) is 6.04 Å². The Balaban J connectivity index is 3.56. The van der Waals surface area contributed by atoms with Crippen molar-refractivity contribution >= 4 is 23.6 Å². The number of hydrogen-bond acceptors (Lipinski definition) is 5. The molecule has 6 nitrogen and oxygen atoms in total. The number of amides is 1. The molecule has 0 bridgehead atoms. The Morgan fingerprint density at radius 3 is 2.08 bits per heavy atom. The highest BCUT2D eigenvalue weighted by Gasteiger charge is 2.13. The number of rotatable bonds is 6. The number of primary amides is 1. The number of hydrogen-bond donors (Lipinski definition) is 4. The summed E-state index contributed by atoms with van der Waals surface area (Å²) < 4.78 is 0. The Morgan fingerprint density at radius 1 is 1.23 bits per heavy atom. The van der Waals surface area contributed by atoms with E-state index in [-0.39, 0.29) is 11.5 Å². The molecule has 2 unspecified atom stereocenters. The van der Waals surface area contributed by atoms with Gasteiger partial charge >= 0.3 is 5.97 Å². The van der Waals surface area contributed by atoms with Gasteiger partial charge in [0.1, 0.15) is 6.04 Å². The first kappa shape index (κ1) is 12.2. The summed E-state index contributed by atoms with van der Waals surface area (Å²) in [6.45, 7) is 0. The molecule has 0 aliphatic heterocycles. The van der Waals surface area contributed by atoms with E-state index < -0.39 is 24.0 Å². The van der Waals surface area contributed by atoms with E-state index in [1.165, 1.54) is 11.8 Å². The molecular formula is C6H13N3O3S. The van der Waals surface area contributed by atoms with E-state index in [0.29, 0.717) is 0 Å². The topological polar surface area (TPSA) is 132 Å². The quantitative estimate of drug-likeness (QED) is 0.396. The van der Waals surface area contributed by atoms with E-state index in [0.717, 1.165) is 0 Å². The van der Waals surface area contributed by atoms with Gasteiger partial charge in [0.25, 0.3) is 0 Å². The van der Waals surface area contributed by atoms with Crippen molar-refractivity contribution in [2.75, 3.05) is 11.5 Å². The Kier molecular flexibility index (Phi) is 5.44. The average molecular weight is 207 g/mol. The summed E-state index contributed by atoms with van der Waals surface area (Å²) in [5, 5.41) is 8.40. The van der Waals surface area contributed by atoms with Crippen LogP contribution < -0.4 is 17.2 Å². The fraction of sp³-hybridized carbons (Fsp3) is 0.667. The molecule has 0 spiro atoms. The van der Waals surface area contributed by atoms with E-state index >= 15 is 0 Å². The maximum Gasteiger partial charge on any atom is 0.321 e. The molecule has 0 radical (unpaired) electrons. The second-order valence-corrected chi connectivity index (χ2v) is 3.57. The lowest BCUT2D eigenvalue weighted by atomic mass is 10.3. The zero-order valence-corrected chi connectivity index (χ0v) is 7.79. The van der Waals surface area contributed by atoms with Crippen LogP contribution in [0.5, 0.6) is 0 Å². The van der Waals surface area contributed by atoms with Gasteiger partial charge in [-0.25, -0.2) is 0 Å². The highest BCUT2D eigenvalue weighted by Crippen LogP contribution is 2.03. The second-order valence-electron chi connectivity index (χ2n) is 2.49. The fourth-order valence-electron chi connectivity index (χ4n) is 0.475. The van der Waals surface area contributed by atoms with Crippen LogP contribution in [0.1, 0.15) is 0 Å². The van der Waals surface area contributed by atoms with E-state index in [1.807, 2.05) is 0 Å². The average Bonchev–Trinajstić information content (AvgIpc) is 2.03. The zero-order chi connectivity index (χ0) is 10.4. The Labute approximate surface area is 79.8 Å². The smallest absolute Gasteiger partial charge is 0.321 e. The molecule has 0 aliphatic carbocycles. The summed E-state index contributed by atoms with van der Waals surface area (Å²) >= 11 is 1.19. The minimum Gasteiger partial charge on any atom is -0.480 e. The van der Waals surface area contributed by atoms with Crippen LogP contribution in [-0.2, 0) is 9.59 Å². The predicted molar refractivity (Wildman–Crippen MR) is 50.1 cm³/mol. The van der Waals surface area contributed by atoms with Crippen molar-refractivity contribution in [1.29, 1.82) is 0 Å². The first-order chi connectivity index (χ1) is 5.95. The molecule has 13 heavy (non-hydrogen) atoms. The Bertz CT molecular complexity index is 180. The van der Waals surface area contributed by atoms with Crippen LogP contribution in [0, 0.1) is 0 Å². The van der Waals surface area contributed by atoms with Gasteiger partial charge in [-0.2, -0.15) is 11.8 Å². The summed E-state index contributed by atoms with van der Waals surface area (Å²) in [6.07, 6.45) is 0. The number of carbonyl (C=O) groups is 2. The normalized spacial score (nSPS) is 14.9. The SMILES string of the molecule is NC(=O)C(N)CSCC(N)C(=O)O. The zero-order valence-electron chi connectivity index (χ0n) is 6.97. The van der Waals surface area contributed by atoms with Gasteiger partial charge in [-0.05, 0) is 0 Å². The molecule has 0 fully saturated rings. The first-order valence-electron chi connectivity index (χ1n) is 3.56. The Hall–Kier alpha value is -0.790. The third-order valence-electron chi connectivity index (χ3n) is 1.28. The molecule has 0 aromatic rings. The highest BCUT2D eigenvalue weighted by atomic mass is 32.2. The summed E-state index contributed by atoms with van der Waals surface area (Å²) in [4.78, 5) is 20.7. The first-order valence-corrected chi connectivity index (χ1v) is 4.71. The standard InChI is InChI=1S/C6H13N3O3S/c7-3(5(9)10)1-13-2-4(8)6(11)12/h3-4H,1-2,7-8H2,(H2,9,10)(H,11,12). The minimum atomic E-state index is -1.07. The molecule has 0 saturated carbocycles. The van der Waals surface area contributed by atoms with Crippen molar-refractivity contribution in [3.8, 4) is 0 Å². The summed E-state index contributed by atoms with van der Waals surface area (Å²) in [6, 6.07) is -1.67. The predicted octanol–water partition coefficient (Wildman–Crippen LogP) is -2.06. The molecule has 0 rings (SSSR count). The maximum absolute atomic E-state index is 10.4. The van der Waals surface area contributed by atoms with Crippen LogP contribution in [-0.4, -0.2) is 40.6 Å². The van der Waals surface area contributed by atoms with Gasteiger partial charge < -0.3 is 22.3 Å². The van der Waals surface area contributed by atoms with Crippen molar-refractivity contribution < 1.29 is 14.7 Å². The molecule has 0 saturated heterocycles. The van der Waals surface area contributed by atoms with E-state index in [4.69, 9.17) is 22.3 Å². The van der Waals surface area contributed by atoms with Crippen LogP contribution in [0.3, 0.4) is 0 Å². The summed E-state index contributed by atoms with van der Waals surface area (Å²) in [7, 11) is 0. The molecule has 0 aromatic carbocycles. The van der Waals surface area contributed by atoms with Gasteiger partial charge in [-0.15, -0.1) is 0 Å². The molecule has 1 amide bonds. The minimum absolute atomic E-state index is 0.219. The Morgan fingerprint density at radius 2 is 1.69 bits per heavy atom. The molecular weight excluding hydrogens is 194 g/mol. The number of thioether (sulfide) groups is 1. The van der Waals surface area contributed by atoms with E-state index in [2.05, 4.69) is 0 Å². The largest absolute Gasteiger partial charge is 0.480 e. The molecule has 76 valence electrons. The number of carboxylic acid groups (broad SMARTS) is 1. The van der Waals surface area contributed by atoms with E-state index in [9.17, 15) is 9.59 Å². The third-order valence-corrected chi connectivity index (χ3v) is 2.47.